The Hall–Kier alpha value is -1.82. The summed E-state index contributed by atoms with van der Waals surface area (Å²) in [6.07, 6.45) is 1.76. The molecule has 1 aromatic heterocycles. The zero-order chi connectivity index (χ0) is 13.8. The van der Waals surface area contributed by atoms with E-state index in [9.17, 15) is 4.79 Å². The minimum Gasteiger partial charge on any atom is -0.461 e. The number of rotatable bonds is 4. The summed E-state index contributed by atoms with van der Waals surface area (Å²) in [5.41, 5.74) is 1.78. The van der Waals surface area contributed by atoms with Gasteiger partial charge in [-0.2, -0.15) is 5.10 Å². The van der Waals surface area contributed by atoms with Gasteiger partial charge >= 0.3 is 5.97 Å². The van der Waals surface area contributed by atoms with E-state index < -0.39 is 5.97 Å². The number of ether oxygens (including phenoxy) is 1. The molecule has 19 heavy (non-hydrogen) atoms. The van der Waals surface area contributed by atoms with Gasteiger partial charge in [-0.05, 0) is 25.1 Å². The molecule has 0 aliphatic rings. The lowest BCUT2D eigenvalue weighted by Gasteiger charge is -2.01. The summed E-state index contributed by atoms with van der Waals surface area (Å²) in [4.78, 5) is 11.8. The van der Waals surface area contributed by atoms with Crippen LogP contribution in [0.4, 0.5) is 5.69 Å². The van der Waals surface area contributed by atoms with Gasteiger partial charge in [-0.1, -0.05) is 22.0 Å². The zero-order valence-electron chi connectivity index (χ0n) is 10.7. The van der Waals surface area contributed by atoms with Gasteiger partial charge in [0.1, 0.15) is 0 Å². The maximum Gasteiger partial charge on any atom is 0.361 e. The van der Waals surface area contributed by atoms with Crippen molar-refractivity contribution in [2.45, 2.75) is 6.92 Å². The van der Waals surface area contributed by atoms with Crippen molar-refractivity contribution >= 4 is 27.6 Å². The van der Waals surface area contributed by atoms with Crippen molar-refractivity contribution in [3.8, 4) is 5.69 Å². The first-order valence-corrected chi connectivity index (χ1v) is 6.65. The minimum atomic E-state index is -0.430. The third kappa shape index (κ3) is 2.96. The van der Waals surface area contributed by atoms with Crippen LogP contribution in [0.15, 0.2) is 34.9 Å². The van der Waals surface area contributed by atoms with Crippen LogP contribution in [-0.2, 0) is 4.74 Å². The number of halogens is 1. The van der Waals surface area contributed by atoms with E-state index in [1.165, 1.54) is 0 Å². The molecule has 2 rings (SSSR count). The lowest BCUT2D eigenvalue weighted by molar-refractivity contribution is 0.0520. The van der Waals surface area contributed by atoms with Gasteiger partial charge in [0.2, 0.25) is 0 Å². The lowest BCUT2D eigenvalue weighted by Crippen LogP contribution is -2.08. The van der Waals surface area contributed by atoms with Crippen LogP contribution >= 0.6 is 15.9 Å². The number of benzene rings is 1. The number of anilines is 1. The van der Waals surface area contributed by atoms with E-state index in [0.717, 1.165) is 10.2 Å². The van der Waals surface area contributed by atoms with E-state index in [1.54, 1.807) is 24.9 Å². The van der Waals surface area contributed by atoms with Crippen LogP contribution in [0.5, 0.6) is 0 Å². The largest absolute Gasteiger partial charge is 0.461 e. The number of hydrogen-bond donors (Lipinski definition) is 1. The summed E-state index contributed by atoms with van der Waals surface area (Å²) in [5, 5.41) is 7.21. The van der Waals surface area contributed by atoms with E-state index in [2.05, 4.69) is 26.3 Å². The van der Waals surface area contributed by atoms with Gasteiger partial charge in [0.15, 0.2) is 5.69 Å². The predicted octanol–water partition coefficient (Wildman–Crippen LogP) is 2.85. The molecule has 0 unspecified atom stereocenters. The highest BCUT2D eigenvalue weighted by atomic mass is 79.9. The van der Waals surface area contributed by atoms with E-state index >= 15 is 0 Å². The first kappa shape index (κ1) is 13.6. The fraction of sp³-hybridized carbons (Fsp3) is 0.231. The van der Waals surface area contributed by atoms with Crippen LogP contribution in [0.25, 0.3) is 5.69 Å². The van der Waals surface area contributed by atoms with Gasteiger partial charge in [-0.15, -0.1) is 0 Å². The topological polar surface area (TPSA) is 56.1 Å². The van der Waals surface area contributed by atoms with E-state index in [0.29, 0.717) is 12.3 Å². The van der Waals surface area contributed by atoms with E-state index in [4.69, 9.17) is 4.74 Å². The van der Waals surface area contributed by atoms with Crippen LogP contribution < -0.4 is 5.32 Å². The monoisotopic (exact) mass is 323 g/mol. The Kier molecular flexibility index (Phi) is 4.21. The minimum absolute atomic E-state index is 0.282. The highest BCUT2D eigenvalue weighted by molar-refractivity contribution is 9.10. The van der Waals surface area contributed by atoms with Gasteiger partial charge in [-0.25, -0.2) is 9.48 Å². The van der Waals surface area contributed by atoms with Crippen LogP contribution in [0.2, 0.25) is 0 Å². The summed E-state index contributed by atoms with van der Waals surface area (Å²) in [6.45, 7) is 2.09. The molecule has 5 nitrogen and oxygen atoms in total. The zero-order valence-corrected chi connectivity index (χ0v) is 12.3. The van der Waals surface area contributed by atoms with Crippen molar-refractivity contribution in [3.05, 3.63) is 40.6 Å². The van der Waals surface area contributed by atoms with Gasteiger partial charge in [-0.3, -0.25) is 0 Å². The SMILES string of the molecule is CCOC(=O)c1nn(-c2cccc(Br)c2)cc1NC. The normalized spacial score (nSPS) is 10.3. The third-order valence-corrected chi connectivity index (χ3v) is 3.02. The summed E-state index contributed by atoms with van der Waals surface area (Å²) in [5.74, 6) is -0.430. The molecule has 6 heteroatoms. The van der Waals surface area contributed by atoms with Crippen molar-refractivity contribution < 1.29 is 9.53 Å². The number of carbonyl (C=O) groups excluding carboxylic acids is 1. The Balaban J connectivity index is 2.41. The molecule has 1 aromatic carbocycles. The van der Waals surface area contributed by atoms with Crippen LogP contribution in [0, 0.1) is 0 Å². The highest BCUT2D eigenvalue weighted by Gasteiger charge is 2.17. The molecule has 0 spiro atoms. The average molecular weight is 324 g/mol. The fourth-order valence-corrected chi connectivity index (χ4v) is 2.05. The Morgan fingerprint density at radius 2 is 2.32 bits per heavy atom. The van der Waals surface area contributed by atoms with Gasteiger partial charge in [0, 0.05) is 11.5 Å². The van der Waals surface area contributed by atoms with Crippen molar-refractivity contribution in [2.24, 2.45) is 0 Å². The summed E-state index contributed by atoms with van der Waals surface area (Å²) in [6, 6.07) is 7.66. The van der Waals surface area contributed by atoms with Crippen molar-refractivity contribution in [2.75, 3.05) is 19.0 Å². The Labute approximate surface area is 119 Å². The quantitative estimate of drug-likeness (QED) is 0.879. The number of hydrogen-bond acceptors (Lipinski definition) is 4. The van der Waals surface area contributed by atoms with Gasteiger partial charge in [0.25, 0.3) is 0 Å². The van der Waals surface area contributed by atoms with E-state index in [-0.39, 0.29) is 5.69 Å². The Morgan fingerprint density at radius 1 is 1.53 bits per heavy atom. The maximum absolute atomic E-state index is 11.8. The lowest BCUT2D eigenvalue weighted by atomic mass is 10.3. The molecule has 0 fully saturated rings. The molecular weight excluding hydrogens is 310 g/mol. The van der Waals surface area contributed by atoms with Gasteiger partial charge in [0.05, 0.1) is 24.2 Å². The highest BCUT2D eigenvalue weighted by Crippen LogP contribution is 2.20. The first-order chi connectivity index (χ1) is 9.15. The second-order valence-corrected chi connectivity index (χ2v) is 4.70. The molecule has 0 bridgehead atoms. The molecule has 0 saturated carbocycles. The molecular formula is C13H14BrN3O2. The van der Waals surface area contributed by atoms with Crippen molar-refractivity contribution in [1.82, 2.24) is 9.78 Å². The number of aromatic nitrogens is 2. The second kappa shape index (κ2) is 5.88. The van der Waals surface area contributed by atoms with Crippen LogP contribution in [-0.4, -0.2) is 29.4 Å². The average Bonchev–Trinajstić information content (AvgIpc) is 2.83. The number of nitrogens with zero attached hydrogens (tertiary/aromatic N) is 2. The fourth-order valence-electron chi connectivity index (χ4n) is 1.66. The molecule has 0 aliphatic heterocycles. The number of nitrogens with one attached hydrogen (secondary N) is 1. The van der Waals surface area contributed by atoms with Crippen molar-refractivity contribution in [3.63, 3.8) is 0 Å². The molecule has 1 N–H and O–H groups in total. The molecule has 0 atom stereocenters. The standard InChI is InChI=1S/C13H14BrN3O2/c1-3-19-13(18)12-11(15-2)8-17(16-12)10-6-4-5-9(14)7-10/h4-8,15H,3H2,1-2H3. The summed E-state index contributed by atoms with van der Waals surface area (Å²) >= 11 is 3.41. The second-order valence-electron chi connectivity index (χ2n) is 3.79. The van der Waals surface area contributed by atoms with E-state index in [1.807, 2.05) is 24.3 Å². The van der Waals surface area contributed by atoms with Gasteiger partial charge < -0.3 is 10.1 Å². The molecule has 0 aliphatic carbocycles. The van der Waals surface area contributed by atoms with Crippen LogP contribution in [0.1, 0.15) is 17.4 Å². The molecule has 0 amide bonds. The third-order valence-electron chi connectivity index (χ3n) is 2.53. The van der Waals surface area contributed by atoms with Crippen molar-refractivity contribution in [1.29, 1.82) is 0 Å². The summed E-state index contributed by atoms with van der Waals surface area (Å²) in [7, 11) is 1.74. The summed E-state index contributed by atoms with van der Waals surface area (Å²) < 4.78 is 7.57. The molecule has 0 saturated heterocycles. The molecule has 100 valence electrons. The molecule has 1 heterocycles. The number of esters is 1. The molecule has 0 radical (unpaired) electrons. The first-order valence-electron chi connectivity index (χ1n) is 5.86. The molecule has 2 aromatic rings. The Morgan fingerprint density at radius 3 is 2.95 bits per heavy atom. The Bertz CT molecular complexity index is 595. The maximum atomic E-state index is 11.8. The predicted molar refractivity (Wildman–Crippen MR) is 76.8 cm³/mol. The van der Waals surface area contributed by atoms with Crippen LogP contribution in [0.3, 0.4) is 0 Å². The smallest absolute Gasteiger partial charge is 0.361 e. The number of carbonyl (C=O) groups is 1.